The molecule has 1 amide bonds. The number of nitrogens with zero attached hydrogens (tertiary/aromatic N) is 3. The molecule has 22 heavy (non-hydrogen) atoms. The van der Waals surface area contributed by atoms with Gasteiger partial charge in [-0.25, -0.2) is 0 Å². The number of hydrogen-bond acceptors (Lipinski definition) is 3. The number of carbonyl (C=O) groups excluding carboxylic acids is 1. The molecule has 5 heteroatoms. The van der Waals surface area contributed by atoms with E-state index in [0.29, 0.717) is 18.2 Å². The fourth-order valence-corrected chi connectivity index (χ4v) is 3.20. The first kappa shape index (κ1) is 16.7. The second kappa shape index (κ2) is 7.09. The Labute approximate surface area is 132 Å². The Hall–Kier alpha value is -1.62. The van der Waals surface area contributed by atoms with Crippen molar-refractivity contribution in [1.29, 1.82) is 0 Å². The van der Waals surface area contributed by atoms with Gasteiger partial charge in [0.15, 0.2) is 0 Å². The maximum Gasteiger partial charge on any atom is 0.263 e. The molecule has 0 saturated carbocycles. The van der Waals surface area contributed by atoms with Crippen LogP contribution in [-0.2, 0) is 6.54 Å². The van der Waals surface area contributed by atoms with E-state index >= 15 is 0 Å². The first-order chi connectivity index (χ1) is 10.5. The molecule has 1 aliphatic heterocycles. The molecular weight excluding hydrogens is 278 g/mol. The van der Waals surface area contributed by atoms with E-state index in [4.69, 9.17) is 0 Å². The Morgan fingerprint density at radius 3 is 2.64 bits per heavy atom. The summed E-state index contributed by atoms with van der Waals surface area (Å²) in [4.78, 5) is 29.3. The van der Waals surface area contributed by atoms with Crippen LogP contribution in [0.15, 0.2) is 16.9 Å². The minimum atomic E-state index is -0.166. The van der Waals surface area contributed by atoms with Crippen LogP contribution in [0.3, 0.4) is 0 Å². The molecule has 0 radical (unpaired) electrons. The van der Waals surface area contributed by atoms with Crippen LogP contribution in [0.2, 0.25) is 0 Å². The van der Waals surface area contributed by atoms with Crippen molar-refractivity contribution in [2.45, 2.75) is 45.7 Å². The third-order valence-electron chi connectivity index (χ3n) is 4.65. The van der Waals surface area contributed by atoms with Crippen LogP contribution in [0.25, 0.3) is 0 Å². The molecule has 0 spiro atoms. The Morgan fingerprint density at radius 1 is 1.27 bits per heavy atom. The van der Waals surface area contributed by atoms with Gasteiger partial charge in [-0.1, -0.05) is 0 Å². The third-order valence-corrected chi connectivity index (χ3v) is 4.65. The molecule has 0 aromatic carbocycles. The fraction of sp³-hybridized carbons (Fsp3) is 0.647. The number of likely N-dealkylation sites (tertiary alicyclic amines) is 1. The molecule has 1 aromatic heterocycles. The second-order valence-corrected chi connectivity index (χ2v) is 6.28. The second-order valence-electron chi connectivity index (χ2n) is 6.28. The van der Waals surface area contributed by atoms with Crippen molar-refractivity contribution >= 4 is 5.91 Å². The van der Waals surface area contributed by atoms with Gasteiger partial charge >= 0.3 is 0 Å². The van der Waals surface area contributed by atoms with Crippen LogP contribution in [0, 0.1) is 6.92 Å². The summed E-state index contributed by atoms with van der Waals surface area (Å²) in [5, 5.41) is 0. The summed E-state index contributed by atoms with van der Waals surface area (Å²) < 4.78 is 1.66. The molecule has 1 atom stereocenters. The average molecular weight is 305 g/mol. The molecular formula is C17H27N3O2. The molecule has 1 saturated heterocycles. The number of carbonyl (C=O) groups is 1. The predicted molar refractivity (Wildman–Crippen MR) is 88.3 cm³/mol. The standard InChI is InChI=1S/C17H27N3O2/c1-5-20-13(2)8-9-15(17(20)22)16(21)19-11-6-7-14(10-12-19)18(3)4/h8-9,14H,5-7,10-12H2,1-4H3/t14-/m1/s1. The minimum absolute atomic E-state index is 0.119. The highest BCUT2D eigenvalue weighted by molar-refractivity contribution is 5.93. The number of aryl methyl sites for hydroxylation is 1. The maximum atomic E-state index is 12.7. The van der Waals surface area contributed by atoms with Crippen LogP contribution < -0.4 is 5.56 Å². The lowest BCUT2D eigenvalue weighted by molar-refractivity contribution is 0.0756. The fourth-order valence-electron chi connectivity index (χ4n) is 3.20. The molecule has 0 N–H and O–H groups in total. The molecule has 1 fully saturated rings. The van der Waals surface area contributed by atoms with Gasteiger partial charge in [0.05, 0.1) is 0 Å². The van der Waals surface area contributed by atoms with E-state index in [9.17, 15) is 9.59 Å². The Bertz CT molecular complexity index is 592. The van der Waals surface area contributed by atoms with Crippen LogP contribution in [0.5, 0.6) is 0 Å². The van der Waals surface area contributed by atoms with Crippen LogP contribution in [0.1, 0.15) is 42.2 Å². The Morgan fingerprint density at radius 2 is 2.00 bits per heavy atom. The van der Waals surface area contributed by atoms with E-state index in [2.05, 4.69) is 19.0 Å². The first-order valence-corrected chi connectivity index (χ1v) is 8.11. The third kappa shape index (κ3) is 3.40. The van der Waals surface area contributed by atoms with Gasteiger partial charge in [-0.3, -0.25) is 9.59 Å². The minimum Gasteiger partial charge on any atom is -0.338 e. The lowest BCUT2D eigenvalue weighted by atomic mass is 10.1. The topological polar surface area (TPSA) is 45.6 Å². The van der Waals surface area contributed by atoms with E-state index in [-0.39, 0.29) is 11.5 Å². The zero-order valence-electron chi connectivity index (χ0n) is 14.1. The molecule has 122 valence electrons. The van der Waals surface area contributed by atoms with Crippen molar-refractivity contribution < 1.29 is 4.79 Å². The van der Waals surface area contributed by atoms with Crippen LogP contribution in [0.4, 0.5) is 0 Å². The summed E-state index contributed by atoms with van der Waals surface area (Å²) in [6, 6.07) is 4.06. The molecule has 0 aliphatic carbocycles. The Balaban J connectivity index is 2.20. The zero-order chi connectivity index (χ0) is 16.3. The number of pyridine rings is 1. The highest BCUT2D eigenvalue weighted by Gasteiger charge is 2.24. The molecule has 1 aliphatic rings. The van der Waals surface area contributed by atoms with Crippen molar-refractivity contribution in [3.8, 4) is 0 Å². The number of aromatic nitrogens is 1. The summed E-state index contributed by atoms with van der Waals surface area (Å²) in [7, 11) is 4.17. The highest BCUT2D eigenvalue weighted by atomic mass is 16.2. The quantitative estimate of drug-likeness (QED) is 0.854. The summed E-state index contributed by atoms with van der Waals surface area (Å²) >= 11 is 0. The van der Waals surface area contributed by atoms with Gasteiger partial charge < -0.3 is 14.4 Å². The summed E-state index contributed by atoms with van der Waals surface area (Å²) in [6.45, 7) is 5.88. The normalized spacial score (nSPS) is 19.3. The van der Waals surface area contributed by atoms with E-state index in [0.717, 1.165) is 38.0 Å². The van der Waals surface area contributed by atoms with Gasteiger partial charge in [-0.15, -0.1) is 0 Å². The van der Waals surface area contributed by atoms with E-state index in [1.807, 2.05) is 24.8 Å². The largest absolute Gasteiger partial charge is 0.338 e. The Kier molecular flexibility index (Phi) is 5.40. The van der Waals surface area contributed by atoms with Gasteiger partial charge in [0.25, 0.3) is 11.5 Å². The number of rotatable bonds is 3. The number of hydrogen-bond donors (Lipinski definition) is 0. The highest BCUT2D eigenvalue weighted by Crippen LogP contribution is 2.16. The lowest BCUT2D eigenvalue weighted by Crippen LogP contribution is -2.38. The molecule has 2 heterocycles. The number of amides is 1. The molecule has 1 aromatic rings. The maximum absolute atomic E-state index is 12.7. The lowest BCUT2D eigenvalue weighted by Gasteiger charge is -2.23. The molecule has 0 unspecified atom stereocenters. The molecule has 5 nitrogen and oxygen atoms in total. The van der Waals surface area contributed by atoms with Crippen LogP contribution in [-0.4, -0.2) is 53.5 Å². The van der Waals surface area contributed by atoms with Crippen molar-refractivity contribution in [2.24, 2.45) is 0 Å². The molecule has 0 bridgehead atoms. The summed E-state index contributed by atoms with van der Waals surface area (Å²) in [6.07, 6.45) is 3.05. The summed E-state index contributed by atoms with van der Waals surface area (Å²) in [5.74, 6) is -0.119. The van der Waals surface area contributed by atoms with Crippen molar-refractivity contribution in [2.75, 3.05) is 27.2 Å². The predicted octanol–water partition coefficient (Wildman–Crippen LogP) is 1.73. The van der Waals surface area contributed by atoms with Gasteiger partial charge in [-0.05, 0) is 59.3 Å². The van der Waals surface area contributed by atoms with Gasteiger partial charge in [0.1, 0.15) is 5.56 Å². The smallest absolute Gasteiger partial charge is 0.263 e. The SMILES string of the molecule is CCn1c(C)ccc(C(=O)N2CCC[C@@H](N(C)C)CC2)c1=O. The van der Waals surface area contributed by atoms with Gasteiger partial charge in [0, 0.05) is 31.4 Å². The van der Waals surface area contributed by atoms with Crippen molar-refractivity contribution in [1.82, 2.24) is 14.4 Å². The summed E-state index contributed by atoms with van der Waals surface area (Å²) in [5.41, 5.74) is 1.03. The zero-order valence-corrected chi connectivity index (χ0v) is 14.1. The van der Waals surface area contributed by atoms with E-state index in [1.165, 1.54) is 0 Å². The average Bonchev–Trinajstić information content (AvgIpc) is 2.73. The molecule has 2 rings (SSSR count). The van der Waals surface area contributed by atoms with Crippen molar-refractivity contribution in [3.05, 3.63) is 33.7 Å². The monoisotopic (exact) mass is 305 g/mol. The first-order valence-electron chi connectivity index (χ1n) is 8.11. The van der Waals surface area contributed by atoms with Crippen molar-refractivity contribution in [3.63, 3.8) is 0 Å². The van der Waals surface area contributed by atoms with E-state index in [1.54, 1.807) is 10.6 Å². The van der Waals surface area contributed by atoms with Gasteiger partial charge in [0.2, 0.25) is 0 Å². The van der Waals surface area contributed by atoms with Gasteiger partial charge in [-0.2, -0.15) is 0 Å². The van der Waals surface area contributed by atoms with Crippen LogP contribution >= 0.6 is 0 Å². The van der Waals surface area contributed by atoms with E-state index < -0.39 is 0 Å².